The summed E-state index contributed by atoms with van der Waals surface area (Å²) in [5.41, 5.74) is 2.94. The van der Waals surface area contributed by atoms with Crippen LogP contribution in [0.2, 0.25) is 0 Å². The van der Waals surface area contributed by atoms with E-state index in [1.54, 1.807) is 18.3 Å². The Morgan fingerprint density at radius 1 is 1.05 bits per heavy atom. The Morgan fingerprint density at radius 2 is 1.86 bits per heavy atom. The molecule has 0 spiro atoms. The van der Waals surface area contributed by atoms with Crippen LogP contribution < -0.4 is 15.2 Å². The number of hydrogen-bond donors (Lipinski definition) is 0. The Balaban J connectivity index is 1.54. The second-order valence-corrected chi connectivity index (χ2v) is 9.72. The molecule has 190 valence electrons. The number of halogens is 1. The Morgan fingerprint density at radius 3 is 2.65 bits per heavy atom. The molecule has 5 rings (SSSR count). The minimum atomic E-state index is -0.302. The maximum absolute atomic E-state index is 13.7. The van der Waals surface area contributed by atoms with Gasteiger partial charge in [0.25, 0.3) is 5.56 Å². The minimum Gasteiger partial charge on any atom is -0.488 e. The van der Waals surface area contributed by atoms with Gasteiger partial charge >= 0.3 is 0 Å². The monoisotopic (exact) mass is 498 g/mol. The normalized spacial score (nSPS) is 14.4. The van der Waals surface area contributed by atoms with Gasteiger partial charge in [-0.15, -0.1) is 0 Å². The third-order valence-corrected chi connectivity index (χ3v) is 6.86. The molecule has 1 aliphatic rings. The van der Waals surface area contributed by atoms with E-state index >= 15 is 0 Å². The topological polar surface area (TPSA) is 59.7 Å². The molecule has 0 amide bonds. The van der Waals surface area contributed by atoms with Gasteiger partial charge in [0.05, 0.1) is 17.1 Å². The molecular weight excluding hydrogens is 467 g/mol. The summed E-state index contributed by atoms with van der Waals surface area (Å²) in [6.07, 6.45) is 7.12. The van der Waals surface area contributed by atoms with Crippen LogP contribution in [0.3, 0.4) is 0 Å². The summed E-state index contributed by atoms with van der Waals surface area (Å²) in [4.78, 5) is 20.4. The Kier molecular flexibility index (Phi) is 7.30. The third-order valence-electron chi connectivity index (χ3n) is 6.86. The van der Waals surface area contributed by atoms with E-state index in [0.29, 0.717) is 22.5 Å². The summed E-state index contributed by atoms with van der Waals surface area (Å²) in [7, 11) is 3.91. The summed E-state index contributed by atoms with van der Waals surface area (Å²) in [5.74, 6) is 1.21. The van der Waals surface area contributed by atoms with Gasteiger partial charge in [0.2, 0.25) is 0 Å². The first-order valence-corrected chi connectivity index (χ1v) is 12.7. The lowest BCUT2D eigenvalue weighted by atomic mass is 9.88. The molecule has 37 heavy (non-hydrogen) atoms. The summed E-state index contributed by atoms with van der Waals surface area (Å²) < 4.78 is 21.3. The number of aromatic nitrogens is 2. The van der Waals surface area contributed by atoms with Gasteiger partial charge in [-0.05, 0) is 54.8 Å². The highest BCUT2D eigenvalue weighted by molar-refractivity contribution is 5.85. The molecule has 1 heterocycles. The lowest BCUT2D eigenvalue weighted by Gasteiger charge is -2.22. The fourth-order valence-electron chi connectivity index (χ4n) is 4.82. The van der Waals surface area contributed by atoms with Crippen LogP contribution in [0.15, 0.2) is 76.6 Å². The van der Waals surface area contributed by atoms with Crippen molar-refractivity contribution in [3.8, 4) is 5.75 Å². The number of anilines is 1. The molecule has 0 aliphatic heterocycles. The molecule has 0 bridgehead atoms. The summed E-state index contributed by atoms with van der Waals surface area (Å²) in [5, 5.41) is 5.21. The first-order chi connectivity index (χ1) is 18.0. The second-order valence-electron chi connectivity index (χ2n) is 9.72. The summed E-state index contributed by atoms with van der Waals surface area (Å²) in [6.45, 7) is 0.209. The largest absolute Gasteiger partial charge is 0.488 e. The van der Waals surface area contributed by atoms with Crippen molar-refractivity contribution < 1.29 is 9.13 Å². The molecule has 1 fully saturated rings. The number of para-hydroxylation sites is 1. The fraction of sp³-hybridized carbons (Fsp3) is 0.300. The van der Waals surface area contributed by atoms with Crippen LogP contribution in [0.25, 0.3) is 10.9 Å². The van der Waals surface area contributed by atoms with Crippen molar-refractivity contribution in [2.24, 2.45) is 5.10 Å². The Bertz CT molecular complexity index is 1490. The van der Waals surface area contributed by atoms with E-state index < -0.39 is 0 Å². The summed E-state index contributed by atoms with van der Waals surface area (Å²) in [6, 6.07) is 19.6. The number of benzene rings is 3. The molecule has 0 unspecified atom stereocenters. The molecule has 0 saturated heterocycles. The summed E-state index contributed by atoms with van der Waals surface area (Å²) >= 11 is 0. The van der Waals surface area contributed by atoms with Crippen molar-refractivity contribution >= 4 is 22.8 Å². The molecule has 4 aromatic rings. The number of fused-ring (bicyclic) bond motifs is 1. The quantitative estimate of drug-likeness (QED) is 0.289. The van der Waals surface area contributed by atoms with Crippen LogP contribution in [-0.2, 0) is 6.61 Å². The molecule has 1 aliphatic carbocycles. The van der Waals surface area contributed by atoms with Gasteiger partial charge in [0.1, 0.15) is 24.0 Å². The predicted molar refractivity (Wildman–Crippen MR) is 146 cm³/mol. The van der Waals surface area contributed by atoms with Crippen LogP contribution >= 0.6 is 0 Å². The lowest BCUT2D eigenvalue weighted by Crippen LogP contribution is -2.25. The van der Waals surface area contributed by atoms with Crippen LogP contribution in [0, 0.1) is 5.82 Å². The Labute approximate surface area is 216 Å². The number of nitrogens with zero attached hydrogens (tertiary/aromatic N) is 4. The molecule has 6 nitrogen and oxygen atoms in total. The van der Waals surface area contributed by atoms with E-state index in [2.05, 4.69) is 5.10 Å². The van der Waals surface area contributed by atoms with Crippen molar-refractivity contribution in [2.45, 2.75) is 44.6 Å². The van der Waals surface area contributed by atoms with Crippen LogP contribution in [-0.4, -0.2) is 30.0 Å². The highest BCUT2D eigenvalue weighted by Crippen LogP contribution is 2.32. The van der Waals surface area contributed by atoms with Crippen molar-refractivity contribution in [3.63, 3.8) is 0 Å². The zero-order chi connectivity index (χ0) is 25.8. The van der Waals surface area contributed by atoms with Crippen molar-refractivity contribution in [1.29, 1.82) is 0 Å². The highest BCUT2D eigenvalue weighted by atomic mass is 19.1. The van der Waals surface area contributed by atoms with E-state index in [-0.39, 0.29) is 23.9 Å². The molecule has 0 radical (unpaired) electrons. The molecule has 3 aromatic carbocycles. The predicted octanol–water partition coefficient (Wildman–Crippen LogP) is 6.11. The fourth-order valence-corrected chi connectivity index (χ4v) is 4.82. The van der Waals surface area contributed by atoms with Gasteiger partial charge in [0, 0.05) is 37.3 Å². The molecule has 1 aromatic heterocycles. The van der Waals surface area contributed by atoms with Gasteiger partial charge in [0.15, 0.2) is 0 Å². The SMILES string of the molecule is CN(C)c1ccc(C=Nn2c(C3CCCCC3)nc3ccccc3c2=O)c(OCc2cccc(F)c2)c1. The third kappa shape index (κ3) is 5.56. The van der Waals surface area contributed by atoms with Crippen molar-refractivity contribution in [2.75, 3.05) is 19.0 Å². The van der Waals surface area contributed by atoms with E-state index in [9.17, 15) is 9.18 Å². The number of hydrogen-bond acceptors (Lipinski definition) is 5. The van der Waals surface area contributed by atoms with Crippen molar-refractivity contribution in [1.82, 2.24) is 9.66 Å². The van der Waals surface area contributed by atoms with Gasteiger partial charge in [-0.3, -0.25) is 4.79 Å². The zero-order valence-corrected chi connectivity index (χ0v) is 21.2. The average molecular weight is 499 g/mol. The smallest absolute Gasteiger partial charge is 0.282 e. The first-order valence-electron chi connectivity index (χ1n) is 12.7. The van der Waals surface area contributed by atoms with E-state index in [4.69, 9.17) is 9.72 Å². The van der Waals surface area contributed by atoms with Crippen molar-refractivity contribution in [3.05, 3.63) is 99.9 Å². The standard InChI is InChI=1S/C30H31FN4O2/c1-34(2)25-16-15-23(28(18-25)37-20-21-9-8-12-24(31)17-21)19-32-35-29(22-10-4-3-5-11-22)33-27-14-7-6-13-26(27)30(35)36/h6-9,12-19,22H,3-5,10-11,20H2,1-2H3. The Hall–Kier alpha value is -4.00. The van der Waals surface area contributed by atoms with Gasteiger partial charge in [-0.2, -0.15) is 9.78 Å². The van der Waals surface area contributed by atoms with E-state index in [1.807, 2.05) is 61.5 Å². The minimum absolute atomic E-state index is 0.172. The maximum Gasteiger partial charge on any atom is 0.282 e. The van der Waals surface area contributed by atoms with Crippen LogP contribution in [0.4, 0.5) is 10.1 Å². The maximum atomic E-state index is 13.7. The molecule has 0 atom stereocenters. The van der Waals surface area contributed by atoms with E-state index in [0.717, 1.165) is 42.5 Å². The van der Waals surface area contributed by atoms with Gasteiger partial charge < -0.3 is 9.64 Å². The number of rotatable bonds is 7. The second kappa shape index (κ2) is 10.9. The van der Waals surface area contributed by atoms with Gasteiger partial charge in [-0.25, -0.2) is 9.37 Å². The molecule has 1 saturated carbocycles. The molecule has 7 heteroatoms. The van der Waals surface area contributed by atoms with Crippen LogP contribution in [0.1, 0.15) is 55.0 Å². The van der Waals surface area contributed by atoms with E-state index in [1.165, 1.54) is 23.2 Å². The lowest BCUT2D eigenvalue weighted by molar-refractivity contribution is 0.305. The van der Waals surface area contributed by atoms with Gasteiger partial charge in [-0.1, -0.05) is 43.5 Å². The zero-order valence-electron chi connectivity index (χ0n) is 21.2. The van der Waals surface area contributed by atoms with Crippen LogP contribution in [0.5, 0.6) is 5.75 Å². The average Bonchev–Trinajstić information content (AvgIpc) is 2.92. The number of ether oxygens (including phenoxy) is 1. The molecular formula is C30H31FN4O2. The molecule has 0 N–H and O–H groups in total. The highest BCUT2D eigenvalue weighted by Gasteiger charge is 2.22. The first kappa shape index (κ1) is 24.7.